The Balaban J connectivity index is 1.57. The first kappa shape index (κ1) is 23.4. The normalized spacial score (nSPS) is 12.9. The Kier molecular flexibility index (Phi) is 7.48. The second-order valence-corrected chi connectivity index (χ2v) is 8.72. The number of hydrogen-bond donors (Lipinski definition) is 1. The molecule has 0 saturated heterocycles. The number of nitrogens with one attached hydrogen (secondary N) is 1. The van der Waals surface area contributed by atoms with Crippen LogP contribution in [0.4, 0.5) is 0 Å². The van der Waals surface area contributed by atoms with Gasteiger partial charge in [-0.05, 0) is 28.8 Å². The minimum absolute atomic E-state index is 0.0528. The van der Waals surface area contributed by atoms with Crippen LogP contribution < -0.4 is 14.8 Å². The summed E-state index contributed by atoms with van der Waals surface area (Å²) in [5.41, 5.74) is 2.89. The number of amides is 2. The molecule has 1 unspecified atom stereocenters. The maximum Gasteiger partial charge on any atom is 0.243 e. The van der Waals surface area contributed by atoms with Crippen molar-refractivity contribution in [3.05, 3.63) is 95.6 Å². The highest BCUT2D eigenvalue weighted by atomic mass is 16.7. The van der Waals surface area contributed by atoms with Gasteiger partial charge in [0, 0.05) is 25.4 Å². The van der Waals surface area contributed by atoms with E-state index in [0.717, 1.165) is 16.7 Å². The Bertz CT molecular complexity index is 1120. The molecule has 0 bridgehead atoms. The van der Waals surface area contributed by atoms with Gasteiger partial charge < -0.3 is 19.7 Å². The van der Waals surface area contributed by atoms with Crippen molar-refractivity contribution < 1.29 is 19.1 Å². The summed E-state index contributed by atoms with van der Waals surface area (Å²) in [6, 6.07) is 24.6. The van der Waals surface area contributed by atoms with E-state index in [9.17, 15) is 9.59 Å². The highest BCUT2D eigenvalue weighted by molar-refractivity contribution is 5.88. The summed E-state index contributed by atoms with van der Waals surface area (Å²) in [5.74, 6) is 0.903. The minimum atomic E-state index is -0.647. The fourth-order valence-electron chi connectivity index (χ4n) is 3.99. The molecule has 34 heavy (non-hydrogen) atoms. The third-order valence-corrected chi connectivity index (χ3v) is 5.83. The van der Waals surface area contributed by atoms with Gasteiger partial charge in [0.15, 0.2) is 11.5 Å². The molecule has 0 fully saturated rings. The Morgan fingerprint density at radius 3 is 2.18 bits per heavy atom. The topological polar surface area (TPSA) is 67.9 Å². The molecule has 0 radical (unpaired) electrons. The highest BCUT2D eigenvalue weighted by Crippen LogP contribution is 2.32. The summed E-state index contributed by atoms with van der Waals surface area (Å²) in [6.45, 7) is 4.63. The summed E-state index contributed by atoms with van der Waals surface area (Å²) < 4.78 is 10.8. The van der Waals surface area contributed by atoms with Crippen LogP contribution in [0.25, 0.3) is 0 Å². The molecule has 0 spiro atoms. The molecule has 0 saturated carbocycles. The van der Waals surface area contributed by atoms with Crippen molar-refractivity contribution in [3.63, 3.8) is 0 Å². The average molecular weight is 459 g/mol. The van der Waals surface area contributed by atoms with Crippen LogP contribution in [0.1, 0.15) is 30.5 Å². The largest absolute Gasteiger partial charge is 0.454 e. The smallest absolute Gasteiger partial charge is 0.243 e. The van der Waals surface area contributed by atoms with E-state index in [1.807, 2.05) is 92.7 Å². The summed E-state index contributed by atoms with van der Waals surface area (Å²) >= 11 is 0. The van der Waals surface area contributed by atoms with E-state index in [4.69, 9.17) is 9.47 Å². The summed E-state index contributed by atoms with van der Waals surface area (Å²) in [5, 5.41) is 3.04. The maximum absolute atomic E-state index is 13.6. The molecule has 1 atom stereocenters. The van der Waals surface area contributed by atoms with Gasteiger partial charge in [-0.1, -0.05) is 80.6 Å². The number of hydrogen-bond acceptors (Lipinski definition) is 4. The summed E-state index contributed by atoms with van der Waals surface area (Å²) in [6.07, 6.45) is 0.430. The zero-order valence-electron chi connectivity index (χ0n) is 19.6. The Labute approximate surface area is 200 Å². The molecular formula is C28H30N2O4. The predicted molar refractivity (Wildman–Crippen MR) is 130 cm³/mol. The summed E-state index contributed by atoms with van der Waals surface area (Å²) in [7, 11) is 0. The molecule has 1 N–H and O–H groups in total. The van der Waals surface area contributed by atoms with Crippen LogP contribution >= 0.6 is 0 Å². The van der Waals surface area contributed by atoms with E-state index in [1.165, 1.54) is 0 Å². The standard InChI is InChI=1S/C28H30N2O4/c1-20(2)28(32)30(18-22-11-7-4-8-12-22)24(15-21-9-5-3-6-10-21)27(31)29-17-23-13-14-25-26(16-23)34-19-33-25/h3-14,16,20,24H,15,17-19H2,1-2H3,(H,29,31). The second kappa shape index (κ2) is 10.9. The first-order valence-corrected chi connectivity index (χ1v) is 11.6. The van der Waals surface area contributed by atoms with E-state index in [1.54, 1.807) is 4.90 Å². The number of rotatable bonds is 9. The van der Waals surface area contributed by atoms with Crippen LogP contribution in [0.15, 0.2) is 78.9 Å². The van der Waals surface area contributed by atoms with Gasteiger partial charge in [0.25, 0.3) is 0 Å². The number of nitrogens with zero attached hydrogens (tertiary/aromatic N) is 1. The molecule has 0 aromatic heterocycles. The van der Waals surface area contributed by atoms with Crippen LogP contribution in [0, 0.1) is 5.92 Å². The van der Waals surface area contributed by atoms with Gasteiger partial charge >= 0.3 is 0 Å². The van der Waals surface area contributed by atoms with Gasteiger partial charge in [-0.25, -0.2) is 0 Å². The van der Waals surface area contributed by atoms with Crippen molar-refractivity contribution in [2.45, 2.75) is 39.4 Å². The molecule has 4 rings (SSSR count). The number of fused-ring (bicyclic) bond motifs is 1. The lowest BCUT2D eigenvalue weighted by Crippen LogP contribution is -2.51. The molecule has 1 heterocycles. The SMILES string of the molecule is CC(C)C(=O)N(Cc1ccccc1)C(Cc1ccccc1)C(=O)NCc1ccc2c(c1)OCO2. The number of ether oxygens (including phenoxy) is 2. The van der Waals surface area contributed by atoms with Crippen LogP contribution in [0.5, 0.6) is 11.5 Å². The van der Waals surface area contributed by atoms with Crippen molar-refractivity contribution in [1.82, 2.24) is 10.2 Å². The molecule has 176 valence electrons. The zero-order valence-corrected chi connectivity index (χ0v) is 19.6. The fourth-order valence-corrected chi connectivity index (χ4v) is 3.99. The lowest BCUT2D eigenvalue weighted by Gasteiger charge is -2.32. The maximum atomic E-state index is 13.6. The van der Waals surface area contributed by atoms with Crippen molar-refractivity contribution in [1.29, 1.82) is 0 Å². The molecular weight excluding hydrogens is 428 g/mol. The lowest BCUT2D eigenvalue weighted by atomic mass is 10.0. The number of carbonyl (C=O) groups is 2. The molecule has 6 heteroatoms. The van der Waals surface area contributed by atoms with Gasteiger partial charge in [-0.2, -0.15) is 0 Å². The third kappa shape index (κ3) is 5.76. The molecule has 3 aromatic rings. The van der Waals surface area contributed by atoms with E-state index >= 15 is 0 Å². The second-order valence-electron chi connectivity index (χ2n) is 8.72. The summed E-state index contributed by atoms with van der Waals surface area (Å²) in [4.78, 5) is 28.6. The van der Waals surface area contributed by atoms with E-state index < -0.39 is 6.04 Å². The van der Waals surface area contributed by atoms with Gasteiger partial charge in [-0.3, -0.25) is 9.59 Å². The van der Waals surface area contributed by atoms with Crippen molar-refractivity contribution >= 4 is 11.8 Å². The lowest BCUT2D eigenvalue weighted by molar-refractivity contribution is -0.143. The molecule has 3 aromatic carbocycles. The Hall–Kier alpha value is -3.80. The van der Waals surface area contributed by atoms with Crippen molar-refractivity contribution in [3.8, 4) is 11.5 Å². The van der Waals surface area contributed by atoms with Gasteiger partial charge in [-0.15, -0.1) is 0 Å². The first-order chi connectivity index (χ1) is 16.5. The Morgan fingerprint density at radius 2 is 1.50 bits per heavy atom. The van der Waals surface area contributed by atoms with Crippen LogP contribution in [-0.4, -0.2) is 29.5 Å². The molecule has 1 aliphatic rings. The first-order valence-electron chi connectivity index (χ1n) is 11.6. The minimum Gasteiger partial charge on any atom is -0.454 e. The van der Waals surface area contributed by atoms with E-state index in [2.05, 4.69) is 5.32 Å². The predicted octanol–water partition coefficient (Wildman–Crippen LogP) is 4.33. The van der Waals surface area contributed by atoms with Crippen molar-refractivity contribution in [2.75, 3.05) is 6.79 Å². The van der Waals surface area contributed by atoms with Crippen LogP contribution in [0.3, 0.4) is 0 Å². The van der Waals surface area contributed by atoms with Gasteiger partial charge in [0.1, 0.15) is 6.04 Å². The van der Waals surface area contributed by atoms with Crippen molar-refractivity contribution in [2.24, 2.45) is 5.92 Å². The monoisotopic (exact) mass is 458 g/mol. The van der Waals surface area contributed by atoms with Gasteiger partial charge in [0.2, 0.25) is 18.6 Å². The Morgan fingerprint density at radius 1 is 0.853 bits per heavy atom. The number of benzene rings is 3. The number of carbonyl (C=O) groups excluding carboxylic acids is 2. The zero-order chi connectivity index (χ0) is 23.9. The molecule has 6 nitrogen and oxygen atoms in total. The van der Waals surface area contributed by atoms with Gasteiger partial charge in [0.05, 0.1) is 0 Å². The quantitative estimate of drug-likeness (QED) is 0.518. The van der Waals surface area contributed by atoms with Crippen LogP contribution in [-0.2, 0) is 29.1 Å². The molecule has 1 aliphatic heterocycles. The highest BCUT2D eigenvalue weighted by Gasteiger charge is 2.31. The molecule has 2 amide bonds. The fraction of sp³-hybridized carbons (Fsp3) is 0.286. The van der Waals surface area contributed by atoms with E-state index in [0.29, 0.717) is 31.0 Å². The molecule has 0 aliphatic carbocycles. The third-order valence-electron chi connectivity index (χ3n) is 5.83. The average Bonchev–Trinajstić information content (AvgIpc) is 3.33. The van der Waals surface area contributed by atoms with E-state index in [-0.39, 0.29) is 24.5 Å². The van der Waals surface area contributed by atoms with Crippen LogP contribution in [0.2, 0.25) is 0 Å².